The second-order valence-corrected chi connectivity index (χ2v) is 0. The third kappa shape index (κ3) is 17.9. The molecule has 0 aliphatic rings. The van der Waals surface area contributed by atoms with Crippen LogP contribution in [0.2, 0.25) is 0 Å². The van der Waals surface area contributed by atoms with E-state index >= 15 is 0 Å². The van der Waals surface area contributed by atoms with Crippen molar-refractivity contribution in [1.82, 2.24) is 0 Å². The van der Waals surface area contributed by atoms with Crippen LogP contribution in [0, 0.1) is 0 Å². The topological polar surface area (TPSA) is 31.5 Å². The van der Waals surface area contributed by atoms with Gasteiger partial charge >= 0.3 is 111 Å². The van der Waals surface area contributed by atoms with Gasteiger partial charge in [-0.15, -0.1) is 0 Å². The minimum absolute atomic E-state index is 0. The van der Waals surface area contributed by atoms with Gasteiger partial charge in [-0.3, -0.25) is 0 Å². The second-order valence-electron chi connectivity index (χ2n) is 0. The van der Waals surface area contributed by atoms with Crippen LogP contribution in [0.1, 0.15) is 5.71 Å². The van der Waals surface area contributed by atoms with E-state index in [2.05, 4.69) is 0 Å². The fraction of sp³-hybridized carbons (Fsp3) is 0. The minimum atomic E-state index is 0. The molecular weight excluding hydrogens is 414 g/mol. The summed E-state index contributed by atoms with van der Waals surface area (Å²) in [5.74, 6) is 0. The van der Waals surface area contributed by atoms with Crippen molar-refractivity contribution in [1.29, 1.82) is 0 Å². The van der Waals surface area contributed by atoms with Gasteiger partial charge in [-0.2, -0.15) is 0 Å². The van der Waals surface area contributed by atoms with Crippen LogP contribution in [0.5, 0.6) is 0 Å². The minimum Gasteiger partial charge on any atom is 2.00 e. The van der Waals surface area contributed by atoms with Crippen molar-refractivity contribution in [3.63, 3.8) is 0 Å². The van der Waals surface area contributed by atoms with Gasteiger partial charge in [0, 0.05) is 17.1 Å². The maximum Gasteiger partial charge on any atom is 2.00 e. The van der Waals surface area contributed by atoms with Gasteiger partial charge in [0.2, 0.25) is 0 Å². The molecule has 5 heavy (non-hydrogen) atoms. The third-order valence-electron chi connectivity index (χ3n) is 0. The quantitative estimate of drug-likeness (QED) is 0.403. The largest absolute Gasteiger partial charge is 2.00 e. The molecule has 0 aromatic rings. The van der Waals surface area contributed by atoms with Gasteiger partial charge in [0.15, 0.2) is 0 Å². The van der Waals surface area contributed by atoms with E-state index in [0.717, 1.165) is 0 Å². The maximum atomic E-state index is 0. The Morgan fingerprint density at radius 1 is 1.20 bits per heavy atom. The molecule has 33 valence electrons. The zero-order chi connectivity index (χ0) is 0. The zero-order valence-electron chi connectivity index (χ0n) is 6.92. The third-order valence-corrected chi connectivity index (χ3v) is 0. The van der Waals surface area contributed by atoms with Crippen molar-refractivity contribution in [2.75, 3.05) is 0 Å². The van der Waals surface area contributed by atoms with E-state index in [1.807, 2.05) is 0 Å². The molecule has 0 atom stereocenters. The molecule has 2 N–H and O–H groups in total. The first-order valence-corrected chi connectivity index (χ1v) is 0. The smallest absolute Gasteiger partial charge is 2.00 e. The predicted molar refractivity (Wildman–Crippen MR) is 28.1 cm³/mol. The van der Waals surface area contributed by atoms with Crippen molar-refractivity contribution in [2.24, 2.45) is 0 Å². The molecule has 0 fully saturated rings. The Morgan fingerprint density at radius 3 is 1.20 bits per heavy atom. The Bertz CT molecular complexity index is 20.5. The molecule has 0 unspecified atom stereocenters. The van der Waals surface area contributed by atoms with E-state index < -0.39 is 0 Å². The SMILES string of the molecule is O.[Ca+2].[Cu].[H-].[H-].[H-].[H-].[PbH2].[Sr+2]. The monoisotopic (exact) mass is 423 g/mol. The van der Waals surface area contributed by atoms with Gasteiger partial charge < -0.3 is 11.2 Å². The van der Waals surface area contributed by atoms with E-state index in [-0.39, 0.29) is 139 Å². The first-order valence-electron chi connectivity index (χ1n) is 0. The van der Waals surface area contributed by atoms with Crippen molar-refractivity contribution in [2.45, 2.75) is 0 Å². The van der Waals surface area contributed by atoms with Crippen LogP contribution in [0.4, 0.5) is 0 Å². The molecule has 0 saturated heterocycles. The summed E-state index contributed by atoms with van der Waals surface area (Å²) in [5, 5.41) is 0. The summed E-state index contributed by atoms with van der Waals surface area (Å²) in [7, 11) is 0. The van der Waals surface area contributed by atoms with Crippen LogP contribution in [-0.2, 0) is 17.1 Å². The van der Waals surface area contributed by atoms with Crippen LogP contribution < -0.4 is 0 Å². The second kappa shape index (κ2) is 24.2. The molecule has 0 saturated carbocycles. The van der Waals surface area contributed by atoms with Gasteiger partial charge in [-0.25, -0.2) is 0 Å². The molecule has 3 radical (unpaired) electrons. The number of rotatable bonds is 0. The van der Waals surface area contributed by atoms with Crippen molar-refractivity contribution < 1.29 is 28.3 Å². The Morgan fingerprint density at radius 2 is 1.20 bits per heavy atom. The van der Waals surface area contributed by atoms with Crippen molar-refractivity contribution >= 4 is 111 Å². The van der Waals surface area contributed by atoms with E-state index in [0.29, 0.717) is 0 Å². The Hall–Kier alpha value is 4.14. The van der Waals surface area contributed by atoms with E-state index in [4.69, 9.17) is 0 Å². The average molecular weight is 423 g/mol. The summed E-state index contributed by atoms with van der Waals surface area (Å²) in [6.07, 6.45) is 0. The van der Waals surface area contributed by atoms with Crippen LogP contribution in [0.25, 0.3) is 0 Å². The van der Waals surface area contributed by atoms with Gasteiger partial charge in [-0.05, 0) is 0 Å². The van der Waals surface area contributed by atoms with Gasteiger partial charge in [0.1, 0.15) is 0 Å². The summed E-state index contributed by atoms with van der Waals surface area (Å²) in [5.41, 5.74) is 0. The zero-order valence-corrected chi connectivity index (χ0v) is 15.0. The molecule has 0 aliphatic carbocycles. The Balaban J connectivity index is 0. The van der Waals surface area contributed by atoms with E-state index in [1.54, 1.807) is 0 Å². The van der Waals surface area contributed by atoms with Gasteiger partial charge in [-0.1, -0.05) is 0 Å². The number of hydrogen-bond donors (Lipinski definition) is 0. The van der Waals surface area contributed by atoms with Crippen LogP contribution >= 0.6 is 0 Å². The van der Waals surface area contributed by atoms with E-state index in [9.17, 15) is 0 Å². The fourth-order valence-electron chi connectivity index (χ4n) is 0. The first kappa shape index (κ1) is 35.3. The summed E-state index contributed by atoms with van der Waals surface area (Å²) < 4.78 is 0. The van der Waals surface area contributed by atoms with Gasteiger partial charge in [0.05, 0.1) is 0 Å². The molecule has 0 bridgehead atoms. The van der Waals surface area contributed by atoms with Crippen molar-refractivity contribution in [3.05, 3.63) is 0 Å². The molecule has 0 amide bonds. The molecule has 5 heteroatoms. The predicted octanol–water partition coefficient (Wildman–Crippen LogP) is -2.06. The van der Waals surface area contributed by atoms with Crippen LogP contribution in [0.3, 0.4) is 0 Å². The maximum absolute atomic E-state index is 0. The summed E-state index contributed by atoms with van der Waals surface area (Å²) >= 11 is 0. The molecule has 0 aromatic carbocycles. The van der Waals surface area contributed by atoms with E-state index in [1.165, 1.54) is 0 Å². The molecular formula is H8CaCuOPbSr. The van der Waals surface area contributed by atoms with Gasteiger partial charge in [0.25, 0.3) is 0 Å². The Labute approximate surface area is 135 Å². The average Bonchev–Trinajstić information content (AvgIpc) is 0. The molecule has 0 heterocycles. The summed E-state index contributed by atoms with van der Waals surface area (Å²) in [6.45, 7) is 0. The first-order chi connectivity index (χ1) is 0. The van der Waals surface area contributed by atoms with Crippen LogP contribution in [0.15, 0.2) is 0 Å². The fourth-order valence-corrected chi connectivity index (χ4v) is 0. The Kier molecular flexibility index (Phi) is 171. The molecule has 0 rings (SSSR count). The molecule has 0 spiro atoms. The normalized spacial score (nSPS) is 0. The molecule has 0 aromatic heterocycles. The summed E-state index contributed by atoms with van der Waals surface area (Å²) in [4.78, 5) is 0. The standard InChI is InChI=1S/Ca.Cu.H2O.Pb.Sr.6H/h;;1H2;;;;;;;;/q+2;;;;+2;;;4*-1. The molecule has 0 aliphatic heterocycles. The number of hydrogen-bond acceptors (Lipinski definition) is 0. The van der Waals surface area contributed by atoms with Crippen molar-refractivity contribution in [3.8, 4) is 0 Å². The van der Waals surface area contributed by atoms with Crippen LogP contribution in [-0.4, -0.2) is 116 Å². The molecule has 1 nitrogen and oxygen atoms in total. The summed E-state index contributed by atoms with van der Waals surface area (Å²) in [6, 6.07) is 0.